The predicted molar refractivity (Wildman–Crippen MR) is 65.8 cm³/mol. The zero-order chi connectivity index (χ0) is 12.4. The molecule has 0 aromatic carbocycles. The summed E-state index contributed by atoms with van der Waals surface area (Å²) in [6.07, 6.45) is 5.18. The van der Waals surface area contributed by atoms with Crippen molar-refractivity contribution in [3.63, 3.8) is 0 Å². The van der Waals surface area contributed by atoms with Gasteiger partial charge < -0.3 is 9.84 Å². The molecule has 0 radical (unpaired) electrons. The third-order valence-corrected chi connectivity index (χ3v) is 3.27. The fourth-order valence-corrected chi connectivity index (χ4v) is 2.32. The van der Waals surface area contributed by atoms with Crippen LogP contribution >= 0.6 is 0 Å². The van der Waals surface area contributed by atoms with Gasteiger partial charge in [0.1, 0.15) is 5.69 Å². The number of hydrogen-bond acceptors (Lipinski definition) is 5. The topological polar surface area (TPSA) is 68.8 Å². The fraction of sp³-hybridized carbons (Fsp3) is 0.583. The average Bonchev–Trinajstić information content (AvgIpc) is 2.99. The molecule has 0 saturated carbocycles. The number of piperidine rings is 1. The highest BCUT2D eigenvalue weighted by molar-refractivity contribution is 5.46. The molecule has 1 saturated heterocycles. The second kappa shape index (κ2) is 4.89. The first kappa shape index (κ1) is 11.4. The van der Waals surface area contributed by atoms with Gasteiger partial charge in [-0.25, -0.2) is 0 Å². The van der Waals surface area contributed by atoms with Crippen LogP contribution in [0.1, 0.15) is 18.7 Å². The number of nitrogens with zero attached hydrogens (tertiary/aromatic N) is 4. The van der Waals surface area contributed by atoms with Crippen LogP contribution in [0.5, 0.6) is 0 Å². The molecule has 0 aliphatic carbocycles. The molecule has 1 aliphatic heterocycles. The van der Waals surface area contributed by atoms with E-state index in [9.17, 15) is 0 Å². The molecular formula is C12H17N5O. The zero-order valence-corrected chi connectivity index (χ0v) is 10.5. The summed E-state index contributed by atoms with van der Waals surface area (Å²) in [6.45, 7) is 2.17. The van der Waals surface area contributed by atoms with Crippen molar-refractivity contribution in [1.29, 1.82) is 0 Å². The Bertz CT molecular complexity index is 512. The average molecular weight is 247 g/mol. The molecule has 6 heteroatoms. The van der Waals surface area contributed by atoms with Crippen LogP contribution in [-0.2, 0) is 13.5 Å². The molecule has 18 heavy (non-hydrogen) atoms. The van der Waals surface area contributed by atoms with Crippen molar-refractivity contribution in [3.05, 3.63) is 18.2 Å². The number of hydrogen-bond donors (Lipinski definition) is 1. The van der Waals surface area contributed by atoms with Gasteiger partial charge >= 0.3 is 0 Å². The van der Waals surface area contributed by atoms with Gasteiger partial charge in [0, 0.05) is 19.7 Å². The van der Waals surface area contributed by atoms with Crippen LogP contribution in [0.4, 0.5) is 0 Å². The summed E-state index contributed by atoms with van der Waals surface area (Å²) in [5.41, 5.74) is 0.759. The summed E-state index contributed by atoms with van der Waals surface area (Å²) >= 11 is 0. The Morgan fingerprint density at radius 2 is 2.50 bits per heavy atom. The molecule has 3 rings (SSSR count). The van der Waals surface area contributed by atoms with Crippen LogP contribution in [0.15, 0.2) is 16.8 Å². The summed E-state index contributed by atoms with van der Waals surface area (Å²) < 4.78 is 7.03. The van der Waals surface area contributed by atoms with E-state index in [2.05, 4.69) is 20.6 Å². The lowest BCUT2D eigenvalue weighted by Crippen LogP contribution is -2.30. The summed E-state index contributed by atoms with van der Waals surface area (Å²) in [5, 5.41) is 11.6. The van der Waals surface area contributed by atoms with Crippen molar-refractivity contribution in [2.24, 2.45) is 13.0 Å². The van der Waals surface area contributed by atoms with E-state index < -0.39 is 0 Å². The molecule has 0 amide bonds. The second-order valence-corrected chi connectivity index (χ2v) is 4.80. The molecule has 1 N–H and O–H groups in total. The van der Waals surface area contributed by atoms with Gasteiger partial charge in [-0.15, -0.1) is 0 Å². The quantitative estimate of drug-likeness (QED) is 0.876. The fourth-order valence-electron chi connectivity index (χ4n) is 2.32. The van der Waals surface area contributed by atoms with Crippen molar-refractivity contribution in [3.8, 4) is 11.5 Å². The van der Waals surface area contributed by atoms with E-state index in [1.807, 2.05) is 19.3 Å². The molecule has 0 bridgehead atoms. The van der Waals surface area contributed by atoms with E-state index in [4.69, 9.17) is 4.52 Å². The van der Waals surface area contributed by atoms with Gasteiger partial charge in [0.15, 0.2) is 0 Å². The molecule has 2 aromatic heterocycles. The Balaban J connectivity index is 1.69. The molecule has 6 nitrogen and oxygen atoms in total. The Hall–Kier alpha value is -1.69. The number of rotatable bonds is 3. The van der Waals surface area contributed by atoms with Gasteiger partial charge in [0.25, 0.3) is 0 Å². The van der Waals surface area contributed by atoms with Crippen molar-refractivity contribution in [1.82, 2.24) is 25.2 Å². The lowest BCUT2D eigenvalue weighted by Gasteiger charge is -2.20. The van der Waals surface area contributed by atoms with Crippen LogP contribution in [0.2, 0.25) is 0 Å². The number of aromatic nitrogens is 4. The van der Waals surface area contributed by atoms with Gasteiger partial charge in [-0.05, 0) is 37.9 Å². The van der Waals surface area contributed by atoms with E-state index in [0.29, 0.717) is 17.6 Å². The van der Waals surface area contributed by atoms with Crippen molar-refractivity contribution >= 4 is 0 Å². The maximum atomic E-state index is 5.29. The summed E-state index contributed by atoms with van der Waals surface area (Å²) in [4.78, 5) is 4.41. The molecule has 1 aliphatic rings. The summed E-state index contributed by atoms with van der Waals surface area (Å²) in [5.74, 6) is 1.90. The van der Waals surface area contributed by atoms with Gasteiger partial charge in [0.05, 0.1) is 0 Å². The maximum absolute atomic E-state index is 5.29. The molecule has 1 fully saturated rings. The Kier molecular flexibility index (Phi) is 3.10. The highest BCUT2D eigenvalue weighted by Gasteiger charge is 2.18. The first-order valence-corrected chi connectivity index (χ1v) is 6.34. The third kappa shape index (κ3) is 2.43. The van der Waals surface area contributed by atoms with Gasteiger partial charge in [-0.2, -0.15) is 10.1 Å². The van der Waals surface area contributed by atoms with E-state index >= 15 is 0 Å². The second-order valence-electron chi connectivity index (χ2n) is 4.80. The molecule has 96 valence electrons. The normalized spacial score (nSPS) is 20.2. The standard InChI is InChI=1S/C12H17N5O/c1-17-6-4-10(15-17)12-14-11(18-16-12)7-9-3-2-5-13-8-9/h4,6,9,13H,2-3,5,7-8H2,1H3. The van der Waals surface area contributed by atoms with E-state index in [-0.39, 0.29) is 0 Å². The minimum Gasteiger partial charge on any atom is -0.339 e. The van der Waals surface area contributed by atoms with Crippen molar-refractivity contribution in [2.45, 2.75) is 19.3 Å². The van der Waals surface area contributed by atoms with Gasteiger partial charge in [0.2, 0.25) is 11.7 Å². The molecule has 3 heterocycles. The highest BCUT2D eigenvalue weighted by atomic mass is 16.5. The predicted octanol–water partition coefficient (Wildman–Crippen LogP) is 1.01. The molecular weight excluding hydrogens is 230 g/mol. The third-order valence-electron chi connectivity index (χ3n) is 3.27. The summed E-state index contributed by atoms with van der Waals surface area (Å²) in [7, 11) is 1.87. The molecule has 1 atom stereocenters. The van der Waals surface area contributed by atoms with E-state index in [1.165, 1.54) is 12.8 Å². The van der Waals surface area contributed by atoms with Gasteiger partial charge in [-0.3, -0.25) is 4.68 Å². The van der Waals surface area contributed by atoms with Crippen LogP contribution in [0.25, 0.3) is 11.5 Å². The van der Waals surface area contributed by atoms with Crippen LogP contribution < -0.4 is 5.32 Å². The van der Waals surface area contributed by atoms with Crippen LogP contribution in [0.3, 0.4) is 0 Å². The SMILES string of the molecule is Cn1ccc(-c2noc(CC3CCCNC3)n2)n1. The minimum atomic E-state index is 0.578. The monoisotopic (exact) mass is 247 g/mol. The largest absolute Gasteiger partial charge is 0.339 e. The first-order chi connectivity index (χ1) is 8.81. The van der Waals surface area contributed by atoms with E-state index in [0.717, 1.165) is 25.2 Å². The van der Waals surface area contributed by atoms with Gasteiger partial charge in [-0.1, -0.05) is 5.16 Å². The zero-order valence-electron chi connectivity index (χ0n) is 10.5. The first-order valence-electron chi connectivity index (χ1n) is 6.34. The lowest BCUT2D eigenvalue weighted by molar-refractivity contribution is 0.316. The summed E-state index contributed by atoms with van der Waals surface area (Å²) in [6, 6.07) is 1.89. The Morgan fingerprint density at radius 3 is 3.22 bits per heavy atom. The van der Waals surface area contributed by atoms with Crippen molar-refractivity contribution in [2.75, 3.05) is 13.1 Å². The smallest absolute Gasteiger partial charge is 0.227 e. The molecule has 0 spiro atoms. The Morgan fingerprint density at radius 1 is 1.56 bits per heavy atom. The van der Waals surface area contributed by atoms with E-state index in [1.54, 1.807) is 4.68 Å². The molecule has 2 aromatic rings. The highest BCUT2D eigenvalue weighted by Crippen LogP contribution is 2.18. The van der Waals surface area contributed by atoms with Crippen LogP contribution in [0, 0.1) is 5.92 Å². The minimum absolute atomic E-state index is 0.578. The van der Waals surface area contributed by atoms with Crippen molar-refractivity contribution < 1.29 is 4.52 Å². The Labute approximate surface area is 105 Å². The number of aryl methyl sites for hydroxylation is 1. The molecule has 1 unspecified atom stereocenters. The van der Waals surface area contributed by atoms with Crippen LogP contribution in [-0.4, -0.2) is 33.0 Å². The lowest BCUT2D eigenvalue weighted by atomic mass is 9.96. The number of nitrogens with one attached hydrogen (secondary N) is 1. The maximum Gasteiger partial charge on any atom is 0.227 e.